The SMILES string of the molecule is C[n+]1ccn(Cc2ccc(O)c(C=NNC(=S)Nc3cccc4ccccc34)c2)c1.[Cl-]. The number of aryl methyl sites for hydroxylation is 1. The summed E-state index contributed by atoms with van der Waals surface area (Å²) in [7, 11) is 1.98. The molecule has 0 bridgehead atoms. The lowest BCUT2D eigenvalue weighted by Crippen LogP contribution is -3.00. The minimum absolute atomic E-state index is 0. The van der Waals surface area contributed by atoms with E-state index in [0.717, 1.165) is 22.0 Å². The van der Waals surface area contributed by atoms with E-state index in [4.69, 9.17) is 12.2 Å². The second kappa shape index (κ2) is 10.1. The number of phenols is 1. The van der Waals surface area contributed by atoms with Crippen LogP contribution in [0.2, 0.25) is 0 Å². The number of aromatic nitrogens is 2. The van der Waals surface area contributed by atoms with E-state index in [9.17, 15) is 5.11 Å². The lowest BCUT2D eigenvalue weighted by atomic mass is 10.1. The molecule has 0 aliphatic heterocycles. The molecule has 8 heteroatoms. The molecule has 1 heterocycles. The molecular weight excluding hydrogens is 430 g/mol. The highest BCUT2D eigenvalue weighted by molar-refractivity contribution is 7.80. The lowest BCUT2D eigenvalue weighted by Gasteiger charge is -2.10. The zero-order valence-corrected chi connectivity index (χ0v) is 18.4. The highest BCUT2D eigenvalue weighted by atomic mass is 35.5. The number of hydrogen-bond acceptors (Lipinski definition) is 3. The van der Waals surface area contributed by atoms with Gasteiger partial charge in [-0.2, -0.15) is 5.10 Å². The minimum atomic E-state index is 0. The van der Waals surface area contributed by atoms with Gasteiger partial charge in [0.2, 0.25) is 6.33 Å². The first-order valence-electron chi connectivity index (χ1n) is 9.49. The fourth-order valence-corrected chi connectivity index (χ4v) is 3.42. The van der Waals surface area contributed by atoms with Crippen molar-refractivity contribution >= 4 is 40.0 Å². The number of hydrogen-bond donors (Lipinski definition) is 3. The van der Waals surface area contributed by atoms with Crippen molar-refractivity contribution in [3.63, 3.8) is 0 Å². The van der Waals surface area contributed by atoms with Crippen molar-refractivity contribution in [1.82, 2.24) is 9.99 Å². The predicted octanol–water partition coefficient (Wildman–Crippen LogP) is 0.544. The zero-order valence-electron chi connectivity index (χ0n) is 16.9. The van der Waals surface area contributed by atoms with Crippen molar-refractivity contribution in [2.45, 2.75) is 6.54 Å². The molecule has 0 aliphatic carbocycles. The topological polar surface area (TPSA) is 65.5 Å². The largest absolute Gasteiger partial charge is 1.00 e. The number of thiocarbonyl (C=S) groups is 1. The first-order chi connectivity index (χ1) is 14.6. The van der Waals surface area contributed by atoms with Crippen molar-refractivity contribution in [2.24, 2.45) is 12.1 Å². The van der Waals surface area contributed by atoms with Crippen molar-refractivity contribution in [3.8, 4) is 5.75 Å². The summed E-state index contributed by atoms with van der Waals surface area (Å²) < 4.78 is 4.05. The molecule has 3 N–H and O–H groups in total. The summed E-state index contributed by atoms with van der Waals surface area (Å²) in [5.41, 5.74) is 5.39. The third-order valence-corrected chi connectivity index (χ3v) is 4.88. The molecule has 6 nitrogen and oxygen atoms in total. The number of benzene rings is 3. The quantitative estimate of drug-likeness (QED) is 0.179. The molecule has 0 atom stereocenters. The van der Waals surface area contributed by atoms with Crippen LogP contribution in [0.5, 0.6) is 5.75 Å². The molecule has 0 spiro atoms. The summed E-state index contributed by atoms with van der Waals surface area (Å²) >= 11 is 5.36. The number of nitrogens with one attached hydrogen (secondary N) is 2. The third kappa shape index (κ3) is 5.59. The van der Waals surface area contributed by atoms with Gasteiger partial charge in [0.25, 0.3) is 0 Å². The first kappa shape index (κ1) is 22.3. The molecule has 31 heavy (non-hydrogen) atoms. The Labute approximate surface area is 192 Å². The van der Waals surface area contributed by atoms with Crippen LogP contribution in [0.1, 0.15) is 11.1 Å². The maximum absolute atomic E-state index is 10.1. The second-order valence-electron chi connectivity index (χ2n) is 7.00. The van der Waals surface area contributed by atoms with E-state index in [2.05, 4.69) is 32.5 Å². The first-order valence-corrected chi connectivity index (χ1v) is 9.90. The highest BCUT2D eigenvalue weighted by Crippen LogP contribution is 2.22. The number of phenolic OH excluding ortho intramolecular Hbond substituents is 1. The van der Waals surface area contributed by atoms with E-state index >= 15 is 0 Å². The molecule has 3 aromatic carbocycles. The molecule has 4 aromatic rings. The summed E-state index contributed by atoms with van der Waals surface area (Å²) in [6.07, 6.45) is 7.54. The number of fused-ring (bicyclic) bond motifs is 1. The van der Waals surface area contributed by atoms with Crippen LogP contribution >= 0.6 is 12.2 Å². The number of imidazole rings is 1. The van der Waals surface area contributed by atoms with Gasteiger partial charge < -0.3 is 22.8 Å². The van der Waals surface area contributed by atoms with E-state index < -0.39 is 0 Å². The maximum Gasteiger partial charge on any atom is 0.243 e. The summed E-state index contributed by atoms with van der Waals surface area (Å²) in [5, 5.41) is 20.1. The molecule has 1 aromatic heterocycles. The number of nitrogens with zero attached hydrogens (tertiary/aromatic N) is 3. The normalized spacial score (nSPS) is 10.7. The smallest absolute Gasteiger partial charge is 0.243 e. The van der Waals surface area contributed by atoms with E-state index in [-0.39, 0.29) is 18.2 Å². The van der Waals surface area contributed by atoms with E-state index in [1.54, 1.807) is 12.3 Å². The average Bonchev–Trinajstić information content (AvgIpc) is 3.15. The molecule has 0 radical (unpaired) electrons. The van der Waals surface area contributed by atoms with Gasteiger partial charge in [0.05, 0.1) is 13.3 Å². The van der Waals surface area contributed by atoms with Crippen LogP contribution in [0.25, 0.3) is 10.8 Å². The molecule has 0 unspecified atom stereocenters. The molecule has 0 aliphatic rings. The van der Waals surface area contributed by atoms with Gasteiger partial charge in [-0.25, -0.2) is 9.13 Å². The second-order valence-corrected chi connectivity index (χ2v) is 7.40. The summed E-state index contributed by atoms with van der Waals surface area (Å²) in [5.74, 6) is 0.162. The maximum atomic E-state index is 10.1. The fourth-order valence-electron chi connectivity index (χ4n) is 3.26. The highest BCUT2D eigenvalue weighted by Gasteiger charge is 2.06. The molecule has 158 valence electrons. The van der Waals surface area contributed by atoms with E-state index in [1.165, 1.54) is 0 Å². The Morgan fingerprint density at radius 2 is 1.97 bits per heavy atom. The predicted molar refractivity (Wildman–Crippen MR) is 124 cm³/mol. The van der Waals surface area contributed by atoms with Crippen molar-refractivity contribution < 1.29 is 22.1 Å². The summed E-state index contributed by atoms with van der Waals surface area (Å²) in [6.45, 7) is 0.705. The van der Waals surface area contributed by atoms with Crippen LogP contribution in [-0.2, 0) is 13.6 Å². The summed E-state index contributed by atoms with van der Waals surface area (Å²) in [4.78, 5) is 0. The van der Waals surface area contributed by atoms with Gasteiger partial charge in [0.1, 0.15) is 24.7 Å². The number of hydrazone groups is 1. The Balaban J connectivity index is 0.00000272. The molecular formula is C23H22ClN5OS. The van der Waals surface area contributed by atoms with Crippen LogP contribution in [0.3, 0.4) is 0 Å². The van der Waals surface area contributed by atoms with Gasteiger partial charge in [0, 0.05) is 16.6 Å². The molecule has 0 fully saturated rings. The van der Waals surface area contributed by atoms with Gasteiger partial charge in [-0.1, -0.05) is 42.5 Å². The van der Waals surface area contributed by atoms with Crippen molar-refractivity contribution in [3.05, 3.63) is 90.5 Å². The van der Waals surface area contributed by atoms with Crippen molar-refractivity contribution in [2.75, 3.05) is 5.32 Å². The number of halogens is 1. The van der Waals surface area contributed by atoms with Crippen LogP contribution in [0.15, 0.2) is 84.5 Å². The Bertz CT molecular complexity index is 1230. The number of aromatic hydroxyl groups is 1. The van der Waals surface area contributed by atoms with Gasteiger partial charge in [-0.15, -0.1) is 0 Å². The Hall–Kier alpha value is -3.42. The van der Waals surface area contributed by atoms with Gasteiger partial charge >= 0.3 is 0 Å². The van der Waals surface area contributed by atoms with Crippen LogP contribution < -0.4 is 27.7 Å². The average molecular weight is 452 g/mol. The van der Waals surface area contributed by atoms with Gasteiger partial charge in [0.15, 0.2) is 5.11 Å². The minimum Gasteiger partial charge on any atom is -1.00 e. The van der Waals surface area contributed by atoms with Crippen LogP contribution in [0, 0.1) is 0 Å². The molecule has 0 amide bonds. The molecule has 4 rings (SSSR count). The lowest BCUT2D eigenvalue weighted by molar-refractivity contribution is -0.671. The monoisotopic (exact) mass is 451 g/mol. The zero-order chi connectivity index (χ0) is 20.9. The fraction of sp³-hybridized carbons (Fsp3) is 0.0870. The van der Waals surface area contributed by atoms with Crippen LogP contribution in [-0.4, -0.2) is 21.0 Å². The Morgan fingerprint density at radius 1 is 1.16 bits per heavy atom. The van der Waals surface area contributed by atoms with Gasteiger partial charge in [-0.05, 0) is 41.4 Å². The van der Waals surface area contributed by atoms with Crippen LogP contribution in [0.4, 0.5) is 5.69 Å². The molecule has 0 saturated heterocycles. The van der Waals surface area contributed by atoms with E-state index in [1.807, 2.05) is 72.8 Å². The Kier molecular flexibility index (Phi) is 7.23. The van der Waals surface area contributed by atoms with Crippen molar-refractivity contribution in [1.29, 1.82) is 0 Å². The standard InChI is InChI=1S/C23H21N5OS.ClH/c1-27-11-12-28(16-27)15-17-9-10-22(29)19(13-17)14-24-26-23(30)25-21-8-4-6-18-5-2-3-7-20(18)21;/h2-14,16H,15H2,1H3,(H2-,24,25,26,29,30);1H. The van der Waals surface area contributed by atoms with Gasteiger partial charge in [-0.3, -0.25) is 5.43 Å². The third-order valence-electron chi connectivity index (χ3n) is 4.69. The molecule has 0 saturated carbocycles. The summed E-state index contributed by atoms with van der Waals surface area (Å²) in [6, 6.07) is 19.6. The number of rotatable bonds is 5. The number of anilines is 1. The Morgan fingerprint density at radius 3 is 2.77 bits per heavy atom. The van der Waals surface area contributed by atoms with E-state index in [0.29, 0.717) is 17.2 Å².